The Kier molecular flexibility index (Phi) is 3.84. The number of aliphatic hydroxyl groups is 1. The first kappa shape index (κ1) is 12.9. The van der Waals surface area contributed by atoms with Crippen LogP contribution in [0.25, 0.3) is 0 Å². The molecular formula is C9H11BrN2O4. The number of hydrogen-bond donors (Lipinski definition) is 3. The van der Waals surface area contributed by atoms with Gasteiger partial charge in [-0.1, -0.05) is 0 Å². The van der Waals surface area contributed by atoms with Gasteiger partial charge in [-0.15, -0.1) is 0 Å². The number of halogens is 1. The molecule has 0 radical (unpaired) electrons. The predicted molar refractivity (Wildman–Crippen MR) is 61.2 cm³/mol. The summed E-state index contributed by atoms with van der Waals surface area (Å²) in [6.45, 7) is 1.11. The van der Waals surface area contributed by atoms with Crippen LogP contribution in [-0.2, 0) is 0 Å². The summed E-state index contributed by atoms with van der Waals surface area (Å²) in [6.07, 6.45) is 0. The summed E-state index contributed by atoms with van der Waals surface area (Å²) in [5.74, 6) is -0.176. The van der Waals surface area contributed by atoms with Crippen LogP contribution >= 0.6 is 15.9 Å². The lowest BCUT2D eigenvalue weighted by molar-refractivity contribution is -0.385. The van der Waals surface area contributed by atoms with Crippen molar-refractivity contribution in [3.8, 4) is 5.75 Å². The summed E-state index contributed by atoms with van der Waals surface area (Å²) < 4.78 is 0.223. The van der Waals surface area contributed by atoms with Crippen LogP contribution in [0.4, 0.5) is 5.69 Å². The number of nitrogens with zero attached hydrogens (tertiary/aromatic N) is 1. The Hall–Kier alpha value is -1.18. The molecule has 0 aromatic heterocycles. The number of nitro benzene ring substituents is 1. The fraction of sp³-hybridized carbons (Fsp3) is 0.333. The maximum atomic E-state index is 10.7. The second-order valence-electron chi connectivity index (χ2n) is 3.32. The normalized spacial score (nSPS) is 12.5. The molecule has 0 aliphatic heterocycles. The topological polar surface area (TPSA) is 110 Å². The van der Waals surface area contributed by atoms with Crippen molar-refractivity contribution in [2.24, 2.45) is 5.73 Å². The fourth-order valence-corrected chi connectivity index (χ4v) is 1.74. The minimum atomic E-state index is -0.851. The molecule has 0 heterocycles. The van der Waals surface area contributed by atoms with E-state index in [1.807, 2.05) is 0 Å². The third kappa shape index (κ3) is 2.16. The van der Waals surface area contributed by atoms with Gasteiger partial charge in [-0.25, -0.2) is 0 Å². The Morgan fingerprint density at radius 3 is 2.69 bits per heavy atom. The third-order valence-corrected chi connectivity index (χ3v) is 3.25. The molecule has 1 atom stereocenters. The van der Waals surface area contributed by atoms with E-state index in [4.69, 9.17) is 10.8 Å². The second-order valence-corrected chi connectivity index (χ2v) is 4.11. The van der Waals surface area contributed by atoms with E-state index in [2.05, 4.69) is 15.9 Å². The summed E-state index contributed by atoms with van der Waals surface area (Å²) in [6, 6.07) is 0.326. The molecular weight excluding hydrogens is 280 g/mol. The van der Waals surface area contributed by atoms with Crippen molar-refractivity contribution >= 4 is 21.6 Å². The molecule has 7 heteroatoms. The van der Waals surface area contributed by atoms with Crippen molar-refractivity contribution in [2.45, 2.75) is 13.0 Å². The van der Waals surface area contributed by atoms with Crippen molar-refractivity contribution in [3.05, 3.63) is 31.8 Å². The average molecular weight is 291 g/mol. The first-order chi connectivity index (χ1) is 7.40. The number of hydrogen-bond acceptors (Lipinski definition) is 5. The molecule has 0 fully saturated rings. The van der Waals surface area contributed by atoms with Gasteiger partial charge in [-0.05, 0) is 22.9 Å². The van der Waals surface area contributed by atoms with Gasteiger partial charge in [-0.3, -0.25) is 10.1 Å². The SMILES string of the molecule is Cc1c([N+](=O)[O-])cc([C@@H](N)CO)c(O)c1Br. The zero-order chi connectivity index (χ0) is 12.5. The van der Waals surface area contributed by atoms with Gasteiger partial charge in [0.2, 0.25) is 0 Å². The van der Waals surface area contributed by atoms with Crippen molar-refractivity contribution in [2.75, 3.05) is 6.61 Å². The molecule has 0 bridgehead atoms. The van der Waals surface area contributed by atoms with Crippen LogP contribution in [0.3, 0.4) is 0 Å². The van der Waals surface area contributed by atoms with Crippen molar-refractivity contribution in [1.29, 1.82) is 0 Å². The number of benzene rings is 1. The molecule has 1 aromatic rings. The van der Waals surface area contributed by atoms with Crippen LogP contribution in [0.1, 0.15) is 17.2 Å². The number of phenolic OH excluding ortho intramolecular Hbond substituents is 1. The Labute approximate surface area is 100.0 Å². The van der Waals surface area contributed by atoms with E-state index in [0.717, 1.165) is 0 Å². The molecule has 4 N–H and O–H groups in total. The molecule has 0 unspecified atom stereocenters. The Bertz CT molecular complexity index is 436. The van der Waals surface area contributed by atoms with E-state index in [0.29, 0.717) is 5.56 Å². The van der Waals surface area contributed by atoms with Gasteiger partial charge in [0.1, 0.15) is 5.75 Å². The number of aromatic hydroxyl groups is 1. The van der Waals surface area contributed by atoms with Gasteiger partial charge in [0.25, 0.3) is 5.69 Å². The maximum absolute atomic E-state index is 10.7. The highest BCUT2D eigenvalue weighted by molar-refractivity contribution is 9.10. The van der Waals surface area contributed by atoms with Crippen molar-refractivity contribution < 1.29 is 15.1 Å². The molecule has 16 heavy (non-hydrogen) atoms. The van der Waals surface area contributed by atoms with Gasteiger partial charge in [0.15, 0.2) is 0 Å². The average Bonchev–Trinajstić information content (AvgIpc) is 2.25. The predicted octanol–water partition coefficient (Wildman–Crippen LogP) is 1.36. The smallest absolute Gasteiger partial charge is 0.274 e. The molecule has 1 rings (SSSR count). The highest BCUT2D eigenvalue weighted by atomic mass is 79.9. The lowest BCUT2D eigenvalue weighted by Gasteiger charge is -2.13. The summed E-state index contributed by atoms with van der Waals surface area (Å²) >= 11 is 3.05. The van der Waals surface area contributed by atoms with E-state index < -0.39 is 17.6 Å². The Morgan fingerprint density at radius 1 is 1.69 bits per heavy atom. The lowest BCUT2D eigenvalue weighted by Crippen LogP contribution is -2.15. The molecule has 0 saturated heterocycles. The van der Waals surface area contributed by atoms with Crippen LogP contribution in [0.15, 0.2) is 10.5 Å². The molecule has 0 saturated carbocycles. The Morgan fingerprint density at radius 2 is 2.25 bits per heavy atom. The van der Waals surface area contributed by atoms with E-state index in [1.165, 1.54) is 13.0 Å². The number of nitro groups is 1. The van der Waals surface area contributed by atoms with Gasteiger partial charge < -0.3 is 15.9 Å². The van der Waals surface area contributed by atoms with Crippen molar-refractivity contribution in [1.82, 2.24) is 0 Å². The van der Waals surface area contributed by atoms with E-state index in [9.17, 15) is 15.2 Å². The summed E-state index contributed by atoms with van der Waals surface area (Å²) in [5.41, 5.74) is 5.84. The van der Waals surface area contributed by atoms with Crippen LogP contribution in [0.5, 0.6) is 5.75 Å². The highest BCUT2D eigenvalue weighted by Gasteiger charge is 2.22. The maximum Gasteiger partial charge on any atom is 0.274 e. The largest absolute Gasteiger partial charge is 0.506 e. The first-order valence-electron chi connectivity index (χ1n) is 4.43. The summed E-state index contributed by atoms with van der Waals surface area (Å²) in [7, 11) is 0. The van der Waals surface area contributed by atoms with Gasteiger partial charge in [0, 0.05) is 17.2 Å². The van der Waals surface area contributed by atoms with Crippen LogP contribution in [0.2, 0.25) is 0 Å². The zero-order valence-corrected chi connectivity index (χ0v) is 10.1. The second kappa shape index (κ2) is 4.77. The monoisotopic (exact) mass is 290 g/mol. The number of aliphatic hydroxyl groups excluding tert-OH is 1. The standard InChI is InChI=1S/C9H11BrN2O4/c1-4-7(12(15)16)2-5(6(11)3-13)9(14)8(4)10/h2,6,13-14H,3,11H2,1H3/t6-/m0/s1. The van der Waals surface area contributed by atoms with Gasteiger partial charge >= 0.3 is 0 Å². The quantitative estimate of drug-likeness (QED) is 0.575. The number of phenols is 1. The summed E-state index contributed by atoms with van der Waals surface area (Å²) in [4.78, 5) is 10.2. The van der Waals surface area contributed by atoms with Crippen LogP contribution < -0.4 is 5.73 Å². The van der Waals surface area contributed by atoms with Gasteiger partial charge in [-0.2, -0.15) is 0 Å². The zero-order valence-electron chi connectivity index (χ0n) is 8.48. The molecule has 0 aliphatic carbocycles. The van der Waals surface area contributed by atoms with Crippen LogP contribution in [0, 0.1) is 17.0 Å². The first-order valence-corrected chi connectivity index (χ1v) is 5.22. The molecule has 1 aromatic carbocycles. The minimum Gasteiger partial charge on any atom is -0.506 e. The molecule has 6 nitrogen and oxygen atoms in total. The molecule has 0 spiro atoms. The third-order valence-electron chi connectivity index (χ3n) is 2.28. The molecule has 0 aliphatic rings. The Balaban J connectivity index is 3.47. The summed E-state index contributed by atoms with van der Waals surface area (Å²) in [5, 5.41) is 29.4. The molecule has 88 valence electrons. The highest BCUT2D eigenvalue weighted by Crippen LogP contribution is 2.38. The van der Waals surface area contributed by atoms with E-state index in [-0.39, 0.29) is 21.5 Å². The van der Waals surface area contributed by atoms with E-state index >= 15 is 0 Å². The van der Waals surface area contributed by atoms with E-state index in [1.54, 1.807) is 0 Å². The lowest BCUT2D eigenvalue weighted by atomic mass is 10.0. The number of nitrogens with two attached hydrogens (primary N) is 1. The van der Waals surface area contributed by atoms with Crippen molar-refractivity contribution in [3.63, 3.8) is 0 Å². The van der Waals surface area contributed by atoms with Crippen LogP contribution in [-0.4, -0.2) is 21.7 Å². The van der Waals surface area contributed by atoms with Gasteiger partial charge in [0.05, 0.1) is 22.0 Å². The number of rotatable bonds is 3. The minimum absolute atomic E-state index is 0.145. The fourth-order valence-electron chi connectivity index (χ4n) is 1.31. The molecule has 0 amide bonds.